The second-order valence-corrected chi connectivity index (χ2v) is 7.56. The van der Waals surface area contributed by atoms with Gasteiger partial charge in [-0.15, -0.1) is 0 Å². The molecule has 0 aliphatic heterocycles. The Hall–Kier alpha value is -0.660. The summed E-state index contributed by atoms with van der Waals surface area (Å²) >= 11 is 3.05. The lowest BCUT2D eigenvalue weighted by molar-refractivity contribution is 0.491. The standard InChI is InChI=1S/C12H16BrFN2O2S/c1-7(8-2-3-8)6-16-19(17,18)12-5-11(15)10(14)4-9(12)13/h4-5,7-8,16H,2-3,6,15H2,1H3. The Morgan fingerprint density at radius 3 is 2.74 bits per heavy atom. The first-order chi connectivity index (χ1) is 8.81. The van der Waals surface area contributed by atoms with Crippen molar-refractivity contribution in [1.82, 2.24) is 4.72 Å². The number of sulfonamides is 1. The Morgan fingerprint density at radius 1 is 1.53 bits per heavy atom. The molecule has 0 saturated heterocycles. The second kappa shape index (κ2) is 5.38. The number of anilines is 1. The molecule has 1 aliphatic rings. The molecule has 1 fully saturated rings. The maximum absolute atomic E-state index is 13.2. The van der Waals surface area contributed by atoms with Crippen molar-refractivity contribution in [1.29, 1.82) is 0 Å². The summed E-state index contributed by atoms with van der Waals surface area (Å²) in [5.41, 5.74) is 5.23. The fourth-order valence-corrected chi connectivity index (χ4v) is 4.09. The predicted molar refractivity (Wildman–Crippen MR) is 75.6 cm³/mol. The van der Waals surface area contributed by atoms with Crippen molar-refractivity contribution in [2.24, 2.45) is 11.8 Å². The Kier molecular flexibility index (Phi) is 4.17. The van der Waals surface area contributed by atoms with Crippen molar-refractivity contribution in [3.63, 3.8) is 0 Å². The van der Waals surface area contributed by atoms with E-state index in [-0.39, 0.29) is 15.1 Å². The van der Waals surface area contributed by atoms with Crippen molar-refractivity contribution in [3.8, 4) is 0 Å². The highest BCUT2D eigenvalue weighted by atomic mass is 79.9. The third-order valence-electron chi connectivity index (χ3n) is 3.36. The number of nitrogens with one attached hydrogen (secondary N) is 1. The number of benzene rings is 1. The van der Waals surface area contributed by atoms with Crippen LogP contribution >= 0.6 is 15.9 Å². The Labute approximate surface area is 120 Å². The molecule has 1 unspecified atom stereocenters. The van der Waals surface area contributed by atoms with Gasteiger partial charge in [0.2, 0.25) is 10.0 Å². The summed E-state index contributed by atoms with van der Waals surface area (Å²) in [4.78, 5) is -0.0330. The molecule has 106 valence electrons. The van der Waals surface area contributed by atoms with Crippen molar-refractivity contribution in [2.45, 2.75) is 24.7 Å². The van der Waals surface area contributed by atoms with E-state index in [1.807, 2.05) is 6.92 Å². The van der Waals surface area contributed by atoms with Crippen LogP contribution in [0.3, 0.4) is 0 Å². The van der Waals surface area contributed by atoms with Crippen LogP contribution in [0.2, 0.25) is 0 Å². The van der Waals surface area contributed by atoms with Crippen LogP contribution in [0, 0.1) is 17.7 Å². The molecule has 3 N–H and O–H groups in total. The van der Waals surface area contributed by atoms with E-state index < -0.39 is 15.8 Å². The lowest BCUT2D eigenvalue weighted by Crippen LogP contribution is -2.29. The van der Waals surface area contributed by atoms with Gasteiger partial charge in [-0.3, -0.25) is 0 Å². The van der Waals surface area contributed by atoms with Gasteiger partial charge in [0.25, 0.3) is 0 Å². The van der Waals surface area contributed by atoms with Gasteiger partial charge in [-0.05, 0) is 52.7 Å². The summed E-state index contributed by atoms with van der Waals surface area (Å²) in [7, 11) is -3.67. The minimum atomic E-state index is -3.67. The number of halogens is 2. The van der Waals surface area contributed by atoms with Crippen LogP contribution in [0.15, 0.2) is 21.5 Å². The number of nitrogen functional groups attached to an aromatic ring is 1. The molecule has 1 saturated carbocycles. The molecule has 7 heteroatoms. The summed E-state index contributed by atoms with van der Waals surface area (Å²) in [5.74, 6) is 0.285. The van der Waals surface area contributed by atoms with Gasteiger partial charge >= 0.3 is 0 Å². The molecule has 1 aliphatic carbocycles. The molecular formula is C12H16BrFN2O2S. The van der Waals surface area contributed by atoms with E-state index in [4.69, 9.17) is 5.73 Å². The highest BCUT2D eigenvalue weighted by Crippen LogP contribution is 2.36. The smallest absolute Gasteiger partial charge is 0.241 e. The summed E-state index contributed by atoms with van der Waals surface area (Å²) in [5, 5.41) is 0. The monoisotopic (exact) mass is 350 g/mol. The van der Waals surface area contributed by atoms with Crippen LogP contribution in [-0.2, 0) is 10.0 Å². The molecular weight excluding hydrogens is 335 g/mol. The molecule has 19 heavy (non-hydrogen) atoms. The summed E-state index contributed by atoms with van der Waals surface area (Å²) in [6.45, 7) is 2.41. The quantitative estimate of drug-likeness (QED) is 0.801. The Morgan fingerprint density at radius 2 is 2.16 bits per heavy atom. The van der Waals surface area contributed by atoms with Gasteiger partial charge in [-0.25, -0.2) is 17.5 Å². The minimum absolute atomic E-state index is 0.0330. The highest BCUT2D eigenvalue weighted by Gasteiger charge is 2.29. The van der Waals surface area contributed by atoms with Crippen molar-refractivity contribution >= 4 is 31.6 Å². The van der Waals surface area contributed by atoms with E-state index in [1.165, 1.54) is 0 Å². The van der Waals surface area contributed by atoms with E-state index in [0.29, 0.717) is 18.4 Å². The third-order valence-corrected chi connectivity index (χ3v) is 5.74. The average molecular weight is 351 g/mol. The van der Waals surface area contributed by atoms with Crippen molar-refractivity contribution in [3.05, 3.63) is 22.4 Å². The molecule has 4 nitrogen and oxygen atoms in total. The largest absolute Gasteiger partial charge is 0.396 e. The summed E-state index contributed by atoms with van der Waals surface area (Å²) in [6.07, 6.45) is 2.33. The third kappa shape index (κ3) is 3.46. The van der Waals surface area contributed by atoms with Gasteiger partial charge in [0.1, 0.15) is 5.82 Å². The van der Waals surface area contributed by atoms with E-state index >= 15 is 0 Å². The summed E-state index contributed by atoms with van der Waals surface area (Å²) < 4.78 is 40.2. The molecule has 0 amide bonds. The van der Waals surface area contributed by atoms with Crippen LogP contribution < -0.4 is 10.5 Å². The van der Waals surface area contributed by atoms with Gasteiger partial charge in [-0.1, -0.05) is 6.92 Å². The van der Waals surface area contributed by atoms with Gasteiger partial charge < -0.3 is 5.73 Å². The van der Waals surface area contributed by atoms with Gasteiger partial charge in [0.15, 0.2) is 0 Å². The molecule has 1 aromatic carbocycles. The zero-order valence-corrected chi connectivity index (χ0v) is 12.9. The summed E-state index contributed by atoms with van der Waals surface area (Å²) in [6, 6.07) is 2.19. The van der Waals surface area contributed by atoms with Crippen LogP contribution in [0.5, 0.6) is 0 Å². The maximum Gasteiger partial charge on any atom is 0.241 e. The predicted octanol–water partition coefficient (Wildman–Crippen LogP) is 2.49. The lowest BCUT2D eigenvalue weighted by atomic mass is 10.1. The maximum atomic E-state index is 13.2. The Bertz CT molecular complexity index is 588. The van der Waals surface area contributed by atoms with Gasteiger partial charge in [0.05, 0.1) is 10.6 Å². The molecule has 0 radical (unpaired) electrons. The van der Waals surface area contributed by atoms with Gasteiger partial charge in [-0.2, -0.15) is 0 Å². The molecule has 1 aromatic rings. The fourth-order valence-electron chi connectivity index (χ4n) is 1.90. The molecule has 0 aromatic heterocycles. The van der Waals surface area contributed by atoms with Crippen molar-refractivity contribution < 1.29 is 12.8 Å². The van der Waals surface area contributed by atoms with E-state index in [2.05, 4.69) is 20.7 Å². The molecule has 0 spiro atoms. The highest BCUT2D eigenvalue weighted by molar-refractivity contribution is 9.10. The number of hydrogen-bond acceptors (Lipinski definition) is 3. The van der Waals surface area contributed by atoms with Crippen LogP contribution in [0.25, 0.3) is 0 Å². The topological polar surface area (TPSA) is 72.2 Å². The zero-order chi connectivity index (χ0) is 14.2. The SMILES string of the molecule is CC(CNS(=O)(=O)c1cc(N)c(F)cc1Br)C1CC1. The zero-order valence-electron chi connectivity index (χ0n) is 10.5. The first-order valence-electron chi connectivity index (χ1n) is 6.05. The van der Waals surface area contributed by atoms with E-state index in [9.17, 15) is 12.8 Å². The van der Waals surface area contributed by atoms with Crippen molar-refractivity contribution in [2.75, 3.05) is 12.3 Å². The average Bonchev–Trinajstić information content (AvgIpc) is 3.14. The second-order valence-electron chi connectivity index (χ2n) is 4.97. The van der Waals surface area contributed by atoms with Crippen LogP contribution in [0.4, 0.5) is 10.1 Å². The lowest BCUT2D eigenvalue weighted by Gasteiger charge is -2.13. The minimum Gasteiger partial charge on any atom is -0.396 e. The van der Waals surface area contributed by atoms with Gasteiger partial charge in [0, 0.05) is 11.0 Å². The first kappa shape index (κ1) is 14.7. The molecule has 0 bridgehead atoms. The number of nitrogens with two attached hydrogens (primary N) is 1. The van der Waals surface area contributed by atoms with Crippen LogP contribution in [0.1, 0.15) is 19.8 Å². The molecule has 0 heterocycles. The molecule has 1 atom stereocenters. The Balaban J connectivity index is 2.16. The first-order valence-corrected chi connectivity index (χ1v) is 8.33. The van der Waals surface area contributed by atoms with Crippen LogP contribution in [-0.4, -0.2) is 15.0 Å². The van der Waals surface area contributed by atoms with E-state index in [0.717, 1.165) is 25.0 Å². The number of rotatable bonds is 5. The fraction of sp³-hybridized carbons (Fsp3) is 0.500. The van der Waals surface area contributed by atoms with E-state index in [1.54, 1.807) is 0 Å². The normalized spacial score (nSPS) is 17.4. The molecule has 2 rings (SSSR count). The number of hydrogen-bond donors (Lipinski definition) is 2.